The summed E-state index contributed by atoms with van der Waals surface area (Å²) in [6.45, 7) is 4.48. The summed E-state index contributed by atoms with van der Waals surface area (Å²) < 4.78 is 0. The normalized spacial score (nSPS) is 11.7. The number of carboxylic acid groups (broad SMARTS) is 6. The molecule has 0 aromatic heterocycles. The lowest BCUT2D eigenvalue weighted by molar-refractivity contribution is 0.0681. The highest BCUT2D eigenvalue weighted by Crippen LogP contribution is 2.48. The minimum absolute atomic E-state index is 0.0587. The molecule has 10 rings (SSSR count). The molecule has 10 aromatic rings. The Morgan fingerprint density at radius 1 is 0.256 bits per heavy atom. The quantitative estimate of drug-likeness (QED) is 0.0110. The fraction of sp³-hybridized carbons (Fsp3) is 0.351. The first kappa shape index (κ1) is 65.0. The van der Waals surface area contributed by atoms with Crippen LogP contribution >= 0.6 is 0 Å². The summed E-state index contributed by atoms with van der Waals surface area (Å²) in [6.07, 6.45) is 27.4. The predicted molar refractivity (Wildman–Crippen MR) is 354 cm³/mol. The van der Waals surface area contributed by atoms with Crippen LogP contribution in [-0.2, 0) is 12.8 Å². The molecule has 0 aliphatic carbocycles. The summed E-state index contributed by atoms with van der Waals surface area (Å²) in [6, 6.07) is 21.2. The standard InChI is InChI=1S/C50H66N2O6.C24H12O8/c1-3-5-7-9-11-13-15-17-19-21-23-25-33-34(26-24-22-20-18-16-14-12-10-8-6-4-2)46(48(52)54)45-38(47(51)53)30-27-36-35-28-31-39(49(55)56)43-40(50(57)58)32-29-37(41(35)43)42(33)44(36)45;25-21(26)13-5-1-9-10-2-6-15(23(29)30)20-16(24(31)32)8-4-12(18(10)20)11-3-7-14(22(27)28)19(13)17(9)11/h27-32H,3-26H2,1-2H3,(H2,51,53)(H2,52,54)(H,55,56)(H,57,58);1-8H,(H,25,26)(H,27,28)(H,29,30)(H,31,32). The monoisotopic (exact) mass is 1220 g/mol. The van der Waals surface area contributed by atoms with Gasteiger partial charge in [0.1, 0.15) is 0 Å². The topological polar surface area (TPSA) is 310 Å². The molecule has 2 amide bonds. The third-order valence-electron chi connectivity index (χ3n) is 18.3. The van der Waals surface area contributed by atoms with E-state index in [0.29, 0.717) is 83.0 Å². The van der Waals surface area contributed by atoms with Gasteiger partial charge < -0.3 is 42.1 Å². The molecule has 10 aromatic carbocycles. The first-order valence-electron chi connectivity index (χ1n) is 31.8. The second-order valence-corrected chi connectivity index (χ2v) is 24.0. The molecule has 0 heterocycles. The molecule has 90 heavy (non-hydrogen) atoms. The maximum atomic E-state index is 13.8. The summed E-state index contributed by atoms with van der Waals surface area (Å²) in [5.74, 6) is -8.84. The number of carbonyl (C=O) groups is 8. The van der Waals surface area contributed by atoms with Crippen molar-refractivity contribution < 1.29 is 69.0 Å². The molecule has 10 N–H and O–H groups in total. The molecule has 0 saturated carbocycles. The van der Waals surface area contributed by atoms with E-state index in [-0.39, 0.29) is 55.1 Å². The summed E-state index contributed by atoms with van der Waals surface area (Å²) in [7, 11) is 0. The zero-order valence-corrected chi connectivity index (χ0v) is 51.2. The largest absolute Gasteiger partial charge is 0.478 e. The van der Waals surface area contributed by atoms with Crippen LogP contribution in [0.1, 0.15) is 249 Å². The second-order valence-electron chi connectivity index (χ2n) is 24.0. The maximum Gasteiger partial charge on any atom is 0.336 e. The average Bonchev–Trinajstić information content (AvgIpc) is 0.704. The van der Waals surface area contributed by atoms with Crippen molar-refractivity contribution in [3.63, 3.8) is 0 Å². The zero-order chi connectivity index (χ0) is 64.5. The Morgan fingerprint density at radius 3 is 0.778 bits per heavy atom. The number of aromatic carboxylic acids is 6. The minimum atomic E-state index is -1.28. The van der Waals surface area contributed by atoms with Crippen LogP contribution in [-0.4, -0.2) is 78.3 Å². The van der Waals surface area contributed by atoms with Crippen LogP contribution in [0.15, 0.2) is 84.9 Å². The lowest BCUT2D eigenvalue weighted by Gasteiger charge is -2.25. The van der Waals surface area contributed by atoms with Gasteiger partial charge in [-0.15, -0.1) is 0 Å². The highest BCUT2D eigenvalue weighted by molar-refractivity contribution is 6.40. The molecule has 0 atom stereocenters. The van der Waals surface area contributed by atoms with E-state index in [0.717, 1.165) is 61.5 Å². The van der Waals surface area contributed by atoms with Crippen LogP contribution in [0.3, 0.4) is 0 Å². The van der Waals surface area contributed by atoms with Crippen molar-refractivity contribution in [2.45, 2.75) is 168 Å². The van der Waals surface area contributed by atoms with Gasteiger partial charge in [-0.3, -0.25) is 9.59 Å². The lowest BCUT2D eigenvalue weighted by atomic mass is 9.78. The number of fused-ring (bicyclic) bond motifs is 4. The van der Waals surface area contributed by atoms with Gasteiger partial charge >= 0.3 is 35.8 Å². The Morgan fingerprint density at radius 2 is 0.500 bits per heavy atom. The van der Waals surface area contributed by atoms with Crippen molar-refractivity contribution >= 4 is 134 Å². The molecule has 0 aliphatic rings. The van der Waals surface area contributed by atoms with Crippen molar-refractivity contribution in [2.75, 3.05) is 0 Å². The molecule has 0 radical (unpaired) electrons. The third-order valence-corrected chi connectivity index (χ3v) is 18.3. The zero-order valence-electron chi connectivity index (χ0n) is 51.2. The van der Waals surface area contributed by atoms with Gasteiger partial charge in [0, 0.05) is 27.1 Å². The van der Waals surface area contributed by atoms with E-state index in [1.54, 1.807) is 24.3 Å². The molecule has 0 unspecified atom stereocenters. The number of unbranched alkanes of at least 4 members (excludes halogenated alkanes) is 20. The van der Waals surface area contributed by atoms with E-state index in [1.807, 2.05) is 0 Å². The van der Waals surface area contributed by atoms with Crippen molar-refractivity contribution in [3.8, 4) is 0 Å². The third kappa shape index (κ3) is 12.9. The number of hydrogen-bond donors (Lipinski definition) is 8. The summed E-state index contributed by atoms with van der Waals surface area (Å²) in [4.78, 5) is 99.7. The van der Waals surface area contributed by atoms with E-state index < -0.39 is 47.6 Å². The smallest absolute Gasteiger partial charge is 0.336 e. The minimum Gasteiger partial charge on any atom is -0.478 e. The highest BCUT2D eigenvalue weighted by Gasteiger charge is 2.31. The van der Waals surface area contributed by atoms with E-state index >= 15 is 0 Å². The van der Waals surface area contributed by atoms with Gasteiger partial charge in [0.05, 0.1) is 38.9 Å². The molecule has 16 nitrogen and oxygen atoms in total. The van der Waals surface area contributed by atoms with Crippen molar-refractivity contribution in [1.29, 1.82) is 0 Å². The molecule has 0 bridgehead atoms. The van der Waals surface area contributed by atoms with Gasteiger partial charge in [0.25, 0.3) is 0 Å². The SMILES string of the molecule is CCCCCCCCCCCCCc1c(C(N)=O)c2c(C(N)=O)ccc3c4ccc(C(=O)O)c5c(C(=O)O)ccc(c(c1CCCCCCCCCCCCC)c23)c54.O=C(O)c1ccc2c3ccc(C(=O)O)c4c(C(=O)O)ccc(c5ccc(C(=O)O)c1c25)c43. The van der Waals surface area contributed by atoms with Gasteiger partial charge in [-0.05, 0) is 144 Å². The average molecular weight is 1220 g/mol. The molecule has 0 spiro atoms. The number of benzene rings is 10. The molecular formula is C74H78N2O14. The predicted octanol–water partition coefficient (Wildman–Crippen LogP) is 17.6. The van der Waals surface area contributed by atoms with Crippen molar-refractivity contribution in [1.82, 2.24) is 0 Å². The number of aryl methyl sites for hydroxylation is 1. The number of hydrogen-bond acceptors (Lipinski definition) is 8. The Kier molecular flexibility index (Phi) is 20.8. The van der Waals surface area contributed by atoms with Crippen LogP contribution in [0.25, 0.3) is 86.2 Å². The summed E-state index contributed by atoms with van der Waals surface area (Å²) >= 11 is 0. The summed E-state index contributed by atoms with van der Waals surface area (Å²) in [5, 5.41) is 67.0. The Labute approximate surface area is 520 Å². The number of rotatable bonds is 32. The van der Waals surface area contributed by atoms with Gasteiger partial charge in [0.15, 0.2) is 0 Å². The molecule has 468 valence electrons. The number of carboxylic acids is 6. The van der Waals surface area contributed by atoms with Crippen molar-refractivity contribution in [2.24, 2.45) is 11.5 Å². The van der Waals surface area contributed by atoms with Gasteiger partial charge in [-0.2, -0.15) is 0 Å². The van der Waals surface area contributed by atoms with E-state index in [2.05, 4.69) is 13.8 Å². The highest BCUT2D eigenvalue weighted by atomic mass is 16.4. The number of carbonyl (C=O) groups excluding carboxylic acids is 2. The van der Waals surface area contributed by atoms with Crippen LogP contribution in [0.2, 0.25) is 0 Å². The molecule has 0 aliphatic heterocycles. The molecule has 16 heteroatoms. The number of nitrogens with two attached hydrogens (primary N) is 2. The van der Waals surface area contributed by atoms with Crippen LogP contribution in [0, 0.1) is 0 Å². The first-order chi connectivity index (χ1) is 43.4. The summed E-state index contributed by atoms with van der Waals surface area (Å²) in [5.41, 5.74) is 13.8. The Bertz CT molecular complexity index is 4180. The number of primary amides is 2. The van der Waals surface area contributed by atoms with Crippen LogP contribution in [0.5, 0.6) is 0 Å². The van der Waals surface area contributed by atoms with Gasteiger partial charge in [-0.25, -0.2) is 28.8 Å². The maximum absolute atomic E-state index is 13.8. The van der Waals surface area contributed by atoms with Gasteiger partial charge in [0.2, 0.25) is 11.8 Å². The Balaban J connectivity index is 0.000000251. The van der Waals surface area contributed by atoms with Crippen LogP contribution in [0.4, 0.5) is 0 Å². The molecular weight excluding hydrogens is 1140 g/mol. The van der Waals surface area contributed by atoms with E-state index in [1.165, 1.54) is 157 Å². The van der Waals surface area contributed by atoms with Crippen LogP contribution < -0.4 is 11.5 Å². The van der Waals surface area contributed by atoms with E-state index in [4.69, 9.17) is 11.5 Å². The van der Waals surface area contributed by atoms with Crippen molar-refractivity contribution in [3.05, 3.63) is 141 Å². The molecule has 0 fully saturated rings. The van der Waals surface area contributed by atoms with E-state index in [9.17, 15) is 69.0 Å². The first-order valence-corrected chi connectivity index (χ1v) is 31.8. The second kappa shape index (κ2) is 28.8. The Hall–Kier alpha value is -9.44. The fourth-order valence-corrected chi connectivity index (χ4v) is 14.1. The number of amides is 2. The molecule has 0 saturated heterocycles. The fourth-order valence-electron chi connectivity index (χ4n) is 14.1. The van der Waals surface area contributed by atoms with Gasteiger partial charge in [-0.1, -0.05) is 185 Å². The lowest BCUT2D eigenvalue weighted by Crippen LogP contribution is -2.20.